The van der Waals surface area contributed by atoms with Crippen molar-refractivity contribution < 1.29 is 13.6 Å². The Kier molecular flexibility index (Phi) is 5.79. The maximum Gasteiger partial charge on any atom is 0.263 e. The van der Waals surface area contributed by atoms with Gasteiger partial charge in [0.25, 0.3) is 6.43 Å². The second kappa shape index (κ2) is 8.03. The smallest absolute Gasteiger partial charge is 0.263 e. The van der Waals surface area contributed by atoms with Crippen LogP contribution in [0.1, 0.15) is 30.4 Å². The number of rotatable bonds is 4. The molecule has 3 rings (SSSR count). The molecule has 1 atom stereocenters. The number of amides is 1. The Labute approximate surface area is 141 Å². The molecule has 0 saturated carbocycles. The van der Waals surface area contributed by atoms with Crippen molar-refractivity contribution >= 4 is 5.91 Å². The van der Waals surface area contributed by atoms with Crippen LogP contribution >= 0.6 is 0 Å². The lowest BCUT2D eigenvalue weighted by molar-refractivity contribution is -0.138. The molecule has 0 radical (unpaired) electrons. The van der Waals surface area contributed by atoms with Gasteiger partial charge < -0.3 is 10.2 Å². The van der Waals surface area contributed by atoms with Crippen molar-refractivity contribution in [2.24, 2.45) is 5.92 Å². The summed E-state index contributed by atoms with van der Waals surface area (Å²) < 4.78 is 25.2. The van der Waals surface area contributed by atoms with E-state index in [1.807, 2.05) is 4.90 Å². The van der Waals surface area contributed by atoms with Crippen LogP contribution in [0.5, 0.6) is 0 Å². The minimum absolute atomic E-state index is 0.0594. The van der Waals surface area contributed by atoms with Crippen LogP contribution in [0.2, 0.25) is 0 Å². The molecule has 0 aliphatic carbocycles. The molecule has 6 heteroatoms. The van der Waals surface area contributed by atoms with Crippen LogP contribution in [-0.2, 0) is 11.3 Å². The molecule has 1 N–H and O–H groups in total. The van der Waals surface area contributed by atoms with Gasteiger partial charge in [-0.3, -0.25) is 9.69 Å². The van der Waals surface area contributed by atoms with E-state index in [0.717, 1.165) is 64.2 Å². The lowest BCUT2D eigenvalue weighted by Crippen LogP contribution is -2.51. The zero-order valence-corrected chi connectivity index (χ0v) is 13.9. The first-order chi connectivity index (χ1) is 11.6. The van der Waals surface area contributed by atoms with Gasteiger partial charge in [-0.15, -0.1) is 0 Å². The molecule has 2 heterocycles. The van der Waals surface area contributed by atoms with Crippen LogP contribution in [0.15, 0.2) is 24.3 Å². The summed E-state index contributed by atoms with van der Waals surface area (Å²) in [6, 6.07) is 6.52. The number of benzene rings is 1. The molecule has 1 unspecified atom stereocenters. The molecule has 2 saturated heterocycles. The van der Waals surface area contributed by atoms with Gasteiger partial charge in [-0.2, -0.15) is 0 Å². The molecule has 2 fully saturated rings. The SMILES string of the molecule is O=C(C1CCCN(Cc2ccc(C(F)F)cc2)C1)N1CCNCC1. The molecular formula is C18H25F2N3O. The van der Waals surface area contributed by atoms with Crippen molar-refractivity contribution in [3.8, 4) is 0 Å². The van der Waals surface area contributed by atoms with E-state index in [0.29, 0.717) is 0 Å². The van der Waals surface area contributed by atoms with Crippen LogP contribution in [0.4, 0.5) is 8.78 Å². The summed E-state index contributed by atoms with van der Waals surface area (Å²) in [5.41, 5.74) is 1.08. The quantitative estimate of drug-likeness (QED) is 0.915. The first-order valence-corrected chi connectivity index (χ1v) is 8.72. The number of likely N-dealkylation sites (tertiary alicyclic amines) is 1. The van der Waals surface area contributed by atoms with E-state index in [-0.39, 0.29) is 17.4 Å². The third-order valence-corrected chi connectivity index (χ3v) is 4.92. The maximum absolute atomic E-state index is 12.7. The zero-order chi connectivity index (χ0) is 16.9. The summed E-state index contributed by atoms with van der Waals surface area (Å²) in [5.74, 6) is 0.339. The number of piperidine rings is 1. The monoisotopic (exact) mass is 337 g/mol. The van der Waals surface area contributed by atoms with E-state index < -0.39 is 6.43 Å². The van der Waals surface area contributed by atoms with Gasteiger partial charge in [0, 0.05) is 44.8 Å². The molecule has 1 aromatic rings. The molecule has 0 spiro atoms. The lowest BCUT2D eigenvalue weighted by atomic mass is 9.95. The highest BCUT2D eigenvalue weighted by molar-refractivity contribution is 5.79. The van der Waals surface area contributed by atoms with Gasteiger partial charge in [-0.25, -0.2) is 8.78 Å². The van der Waals surface area contributed by atoms with Crippen LogP contribution in [0, 0.1) is 5.92 Å². The molecule has 2 aliphatic rings. The standard InChI is InChI=1S/C18H25F2N3O/c19-17(20)15-5-3-14(4-6-15)12-22-9-1-2-16(13-22)18(24)23-10-7-21-8-11-23/h3-6,16-17,21H,1-2,7-13H2. The second-order valence-corrected chi connectivity index (χ2v) is 6.69. The van der Waals surface area contributed by atoms with Gasteiger partial charge in [0.15, 0.2) is 0 Å². The lowest BCUT2D eigenvalue weighted by Gasteiger charge is -2.36. The fourth-order valence-electron chi connectivity index (χ4n) is 3.57. The Bertz CT molecular complexity index is 544. The number of alkyl halides is 2. The predicted octanol–water partition coefficient (Wildman–Crippen LogP) is 2.27. The van der Waals surface area contributed by atoms with Gasteiger partial charge in [-0.1, -0.05) is 24.3 Å². The maximum atomic E-state index is 12.7. The third-order valence-electron chi connectivity index (χ3n) is 4.92. The first-order valence-electron chi connectivity index (χ1n) is 8.72. The van der Waals surface area contributed by atoms with Crippen LogP contribution in [0.3, 0.4) is 0 Å². The second-order valence-electron chi connectivity index (χ2n) is 6.69. The largest absolute Gasteiger partial charge is 0.340 e. The highest BCUT2D eigenvalue weighted by Crippen LogP contribution is 2.23. The number of carbonyl (C=O) groups excluding carboxylic acids is 1. The number of halogens is 2. The molecule has 24 heavy (non-hydrogen) atoms. The Hall–Kier alpha value is -1.53. The number of piperazine rings is 1. The van der Waals surface area contributed by atoms with Crippen LogP contribution < -0.4 is 5.32 Å². The van der Waals surface area contributed by atoms with E-state index in [1.54, 1.807) is 12.1 Å². The van der Waals surface area contributed by atoms with Crippen molar-refractivity contribution in [3.05, 3.63) is 35.4 Å². The first kappa shape index (κ1) is 17.3. The highest BCUT2D eigenvalue weighted by Gasteiger charge is 2.29. The van der Waals surface area contributed by atoms with Crippen LogP contribution in [-0.4, -0.2) is 55.0 Å². The number of hydrogen-bond donors (Lipinski definition) is 1. The minimum Gasteiger partial charge on any atom is -0.340 e. The fraction of sp³-hybridized carbons (Fsp3) is 0.611. The summed E-state index contributed by atoms with van der Waals surface area (Å²) in [6.07, 6.45) is -0.462. The van der Waals surface area contributed by atoms with E-state index in [4.69, 9.17) is 0 Å². The van der Waals surface area contributed by atoms with Gasteiger partial charge in [0.1, 0.15) is 0 Å². The number of carbonyl (C=O) groups is 1. The summed E-state index contributed by atoms with van der Waals surface area (Å²) in [6.45, 7) is 5.78. The average Bonchev–Trinajstić information content (AvgIpc) is 2.62. The molecule has 0 bridgehead atoms. The summed E-state index contributed by atoms with van der Waals surface area (Å²) in [4.78, 5) is 16.9. The van der Waals surface area contributed by atoms with E-state index in [1.165, 1.54) is 12.1 Å². The zero-order valence-electron chi connectivity index (χ0n) is 13.9. The Morgan fingerprint density at radius 1 is 1.17 bits per heavy atom. The topological polar surface area (TPSA) is 35.6 Å². The van der Waals surface area contributed by atoms with Gasteiger partial charge in [0.2, 0.25) is 5.91 Å². The fourth-order valence-corrected chi connectivity index (χ4v) is 3.57. The molecule has 132 valence electrons. The van der Waals surface area contributed by atoms with Crippen molar-refractivity contribution in [2.75, 3.05) is 39.3 Å². The summed E-state index contributed by atoms with van der Waals surface area (Å²) in [7, 11) is 0. The predicted molar refractivity (Wildman–Crippen MR) is 88.8 cm³/mol. The van der Waals surface area contributed by atoms with Crippen molar-refractivity contribution in [1.82, 2.24) is 15.1 Å². The molecular weight excluding hydrogens is 312 g/mol. The molecule has 4 nitrogen and oxygen atoms in total. The van der Waals surface area contributed by atoms with Gasteiger partial charge in [0.05, 0.1) is 5.92 Å². The summed E-state index contributed by atoms with van der Waals surface area (Å²) in [5, 5.41) is 3.27. The van der Waals surface area contributed by atoms with E-state index in [2.05, 4.69) is 10.2 Å². The molecule has 1 aromatic carbocycles. The van der Waals surface area contributed by atoms with Crippen molar-refractivity contribution in [3.63, 3.8) is 0 Å². The minimum atomic E-state index is -2.42. The molecule has 1 amide bonds. The van der Waals surface area contributed by atoms with Crippen molar-refractivity contribution in [2.45, 2.75) is 25.8 Å². The Morgan fingerprint density at radius 2 is 1.88 bits per heavy atom. The Morgan fingerprint density at radius 3 is 2.54 bits per heavy atom. The number of nitrogens with zero attached hydrogens (tertiary/aromatic N) is 2. The molecule has 2 aliphatic heterocycles. The molecule has 0 aromatic heterocycles. The number of nitrogens with one attached hydrogen (secondary N) is 1. The summed E-state index contributed by atoms with van der Waals surface area (Å²) >= 11 is 0. The van der Waals surface area contributed by atoms with E-state index >= 15 is 0 Å². The normalized spacial score (nSPS) is 22.8. The van der Waals surface area contributed by atoms with Gasteiger partial charge >= 0.3 is 0 Å². The highest BCUT2D eigenvalue weighted by atomic mass is 19.3. The average molecular weight is 337 g/mol. The number of hydrogen-bond acceptors (Lipinski definition) is 3. The Balaban J connectivity index is 1.55. The van der Waals surface area contributed by atoms with Crippen molar-refractivity contribution in [1.29, 1.82) is 0 Å². The van der Waals surface area contributed by atoms with Crippen LogP contribution in [0.25, 0.3) is 0 Å². The third kappa shape index (κ3) is 4.30. The van der Waals surface area contributed by atoms with Gasteiger partial charge in [-0.05, 0) is 24.9 Å². The van der Waals surface area contributed by atoms with E-state index in [9.17, 15) is 13.6 Å².